The molecule has 8 aromatic rings. The highest BCUT2D eigenvalue weighted by Gasteiger charge is 2.45. The van der Waals surface area contributed by atoms with Crippen LogP contribution < -0.4 is 15.8 Å². The zero-order valence-corrected chi connectivity index (χ0v) is 24.8. The van der Waals surface area contributed by atoms with Gasteiger partial charge in [-0.05, 0) is 75.7 Å². The quantitative estimate of drug-likeness (QED) is 0.194. The minimum Gasteiger partial charge on any atom is -0.361 e. The molecule has 0 radical (unpaired) electrons. The Bertz CT molecular complexity index is 2550. The number of aromatic nitrogens is 2. The molecule has 0 N–H and O–H groups in total. The summed E-state index contributed by atoms with van der Waals surface area (Å²) in [6.07, 6.45) is 0. The van der Waals surface area contributed by atoms with Gasteiger partial charge in [0.05, 0.1) is 11.1 Å². The molecule has 46 heavy (non-hydrogen) atoms. The van der Waals surface area contributed by atoms with Crippen LogP contribution in [0.5, 0.6) is 0 Å². The van der Waals surface area contributed by atoms with Crippen molar-refractivity contribution in [1.29, 1.82) is 0 Å². The summed E-state index contributed by atoms with van der Waals surface area (Å²) in [5.74, 6) is 0. The SMILES string of the molecule is O=c1c2ccccc2n2c3c(cc(-c4ccccc4)n13)-c1cccc3c1B2N(c1ccccc1)c1ccc(-c2ccccc2)cc1-3. The van der Waals surface area contributed by atoms with E-state index in [1.807, 2.05) is 40.8 Å². The molecule has 2 aliphatic heterocycles. The van der Waals surface area contributed by atoms with Crippen LogP contribution in [-0.2, 0) is 0 Å². The monoisotopic (exact) mass is 587 g/mol. The van der Waals surface area contributed by atoms with Crippen molar-refractivity contribution in [3.8, 4) is 44.6 Å². The summed E-state index contributed by atoms with van der Waals surface area (Å²) >= 11 is 0. The third-order valence-electron chi connectivity index (χ3n) is 9.70. The maximum Gasteiger partial charge on any atom is 0.423 e. The molecule has 5 heteroatoms. The van der Waals surface area contributed by atoms with Crippen LogP contribution >= 0.6 is 0 Å². The van der Waals surface area contributed by atoms with Gasteiger partial charge in [-0.15, -0.1) is 0 Å². The molecular weight excluding hydrogens is 561 g/mol. The Morgan fingerprint density at radius 2 is 1.15 bits per heavy atom. The molecular formula is C41H26BN3O. The zero-order chi connectivity index (χ0) is 30.4. The summed E-state index contributed by atoms with van der Waals surface area (Å²) in [7, 11) is 0. The van der Waals surface area contributed by atoms with Gasteiger partial charge in [0.25, 0.3) is 5.56 Å². The standard InChI is InChI=1S/C41H26BN3O/c46-41-33-19-10-11-22-36(33)45-40-35(26-38(43(40)41)28-15-6-2-7-16-28)32-21-12-20-31-34-25-29(27-13-4-1-5-14-27)23-24-37(34)44(42(45)39(31)32)30-17-8-3-9-18-30/h1-26H. The molecule has 0 saturated heterocycles. The molecule has 0 fully saturated rings. The predicted molar refractivity (Wildman–Crippen MR) is 190 cm³/mol. The van der Waals surface area contributed by atoms with E-state index in [4.69, 9.17) is 0 Å². The lowest BCUT2D eigenvalue weighted by atomic mass is 9.55. The summed E-state index contributed by atoms with van der Waals surface area (Å²) < 4.78 is 4.35. The van der Waals surface area contributed by atoms with E-state index < -0.39 is 0 Å². The summed E-state index contributed by atoms with van der Waals surface area (Å²) in [5.41, 5.74) is 14.3. The summed E-state index contributed by atoms with van der Waals surface area (Å²) in [4.78, 5) is 16.9. The largest absolute Gasteiger partial charge is 0.423 e. The van der Waals surface area contributed by atoms with E-state index in [-0.39, 0.29) is 12.5 Å². The minimum atomic E-state index is -0.220. The Hall–Kier alpha value is -6.07. The third-order valence-corrected chi connectivity index (χ3v) is 9.70. The number of rotatable bonds is 3. The molecule has 0 spiro atoms. The summed E-state index contributed by atoms with van der Waals surface area (Å²) in [6.45, 7) is -0.220. The molecule has 2 aromatic heterocycles. The van der Waals surface area contributed by atoms with Crippen LogP contribution in [0, 0.1) is 0 Å². The summed E-state index contributed by atoms with van der Waals surface area (Å²) in [6, 6.07) is 55.3. The van der Waals surface area contributed by atoms with Gasteiger partial charge in [0.2, 0.25) is 0 Å². The van der Waals surface area contributed by atoms with Gasteiger partial charge < -0.3 is 9.29 Å². The first-order chi connectivity index (χ1) is 22.8. The Labute approximate surface area is 266 Å². The maximum atomic E-state index is 14.4. The number of anilines is 2. The third kappa shape index (κ3) is 3.37. The molecule has 10 rings (SSSR count). The second kappa shape index (κ2) is 9.47. The molecule has 0 unspecified atom stereocenters. The fourth-order valence-corrected chi connectivity index (χ4v) is 7.77. The van der Waals surface area contributed by atoms with E-state index >= 15 is 0 Å². The fraction of sp³-hybridized carbons (Fsp3) is 0. The van der Waals surface area contributed by atoms with Crippen LogP contribution in [-0.4, -0.2) is 15.9 Å². The number of nitrogens with zero attached hydrogens (tertiary/aromatic N) is 3. The van der Waals surface area contributed by atoms with Gasteiger partial charge in [0.15, 0.2) is 0 Å². The Balaban J connectivity index is 1.38. The topological polar surface area (TPSA) is 29.6 Å². The fourth-order valence-electron chi connectivity index (χ4n) is 7.77. The van der Waals surface area contributed by atoms with Gasteiger partial charge in [-0.2, -0.15) is 0 Å². The Kier molecular flexibility index (Phi) is 5.20. The predicted octanol–water partition coefficient (Wildman–Crippen LogP) is 8.63. The molecule has 0 bridgehead atoms. The van der Waals surface area contributed by atoms with Gasteiger partial charge in [0.1, 0.15) is 5.65 Å². The Morgan fingerprint density at radius 3 is 1.91 bits per heavy atom. The molecule has 0 aliphatic carbocycles. The molecule has 0 saturated carbocycles. The lowest BCUT2D eigenvalue weighted by Crippen LogP contribution is -2.57. The van der Waals surface area contributed by atoms with E-state index in [0.29, 0.717) is 5.39 Å². The molecule has 6 aromatic carbocycles. The van der Waals surface area contributed by atoms with Crippen molar-refractivity contribution in [3.63, 3.8) is 0 Å². The van der Waals surface area contributed by atoms with E-state index in [2.05, 4.69) is 131 Å². The van der Waals surface area contributed by atoms with Gasteiger partial charge in [-0.1, -0.05) is 115 Å². The van der Waals surface area contributed by atoms with Crippen LogP contribution in [0.1, 0.15) is 0 Å². The van der Waals surface area contributed by atoms with Crippen molar-refractivity contribution in [2.24, 2.45) is 0 Å². The van der Waals surface area contributed by atoms with Crippen molar-refractivity contribution in [3.05, 3.63) is 168 Å². The lowest BCUT2D eigenvalue weighted by molar-refractivity contribution is 1.06. The highest BCUT2D eigenvalue weighted by Crippen LogP contribution is 2.47. The number of hydrogen-bond acceptors (Lipinski definition) is 2. The molecule has 0 atom stereocenters. The smallest absolute Gasteiger partial charge is 0.361 e. The van der Waals surface area contributed by atoms with Crippen LogP contribution in [0.3, 0.4) is 0 Å². The molecule has 2 aliphatic rings. The maximum absolute atomic E-state index is 14.4. The lowest BCUT2D eigenvalue weighted by Gasteiger charge is -2.42. The van der Waals surface area contributed by atoms with Crippen molar-refractivity contribution in [1.82, 2.24) is 8.88 Å². The first-order valence-electron chi connectivity index (χ1n) is 15.7. The highest BCUT2D eigenvalue weighted by molar-refractivity contribution is 6.82. The molecule has 0 amide bonds. The van der Waals surface area contributed by atoms with Gasteiger partial charge in [0, 0.05) is 28.0 Å². The van der Waals surface area contributed by atoms with Crippen molar-refractivity contribution in [2.75, 3.05) is 4.81 Å². The van der Waals surface area contributed by atoms with Crippen molar-refractivity contribution in [2.45, 2.75) is 0 Å². The van der Waals surface area contributed by atoms with Crippen molar-refractivity contribution < 1.29 is 0 Å². The number of benzene rings is 6. The Morgan fingerprint density at radius 1 is 0.500 bits per heavy atom. The highest BCUT2D eigenvalue weighted by atomic mass is 16.1. The molecule has 214 valence electrons. The van der Waals surface area contributed by atoms with Crippen LogP contribution in [0.15, 0.2) is 163 Å². The van der Waals surface area contributed by atoms with Gasteiger partial charge in [-0.3, -0.25) is 9.20 Å². The first kappa shape index (κ1) is 25.3. The minimum absolute atomic E-state index is 0.00142. The van der Waals surface area contributed by atoms with Crippen LogP contribution in [0.2, 0.25) is 0 Å². The van der Waals surface area contributed by atoms with Gasteiger partial charge >= 0.3 is 6.98 Å². The molecule has 4 heterocycles. The first-order valence-corrected chi connectivity index (χ1v) is 15.7. The number of hydrogen-bond donors (Lipinski definition) is 0. The average Bonchev–Trinajstić information content (AvgIpc) is 3.54. The van der Waals surface area contributed by atoms with E-state index in [1.165, 1.54) is 27.7 Å². The van der Waals surface area contributed by atoms with E-state index in [1.54, 1.807) is 0 Å². The van der Waals surface area contributed by atoms with Crippen LogP contribution in [0.4, 0.5) is 11.4 Å². The molecule has 4 nitrogen and oxygen atoms in total. The second-order valence-corrected chi connectivity index (χ2v) is 12.1. The number of para-hydroxylation sites is 2. The van der Waals surface area contributed by atoms with Crippen LogP contribution in [0.25, 0.3) is 61.2 Å². The van der Waals surface area contributed by atoms with E-state index in [9.17, 15) is 4.79 Å². The zero-order valence-electron chi connectivity index (χ0n) is 24.8. The normalized spacial score (nSPS) is 12.8. The average molecular weight is 587 g/mol. The summed E-state index contributed by atoms with van der Waals surface area (Å²) in [5, 5.41) is 0.702. The van der Waals surface area contributed by atoms with E-state index in [0.717, 1.165) is 44.9 Å². The second-order valence-electron chi connectivity index (χ2n) is 12.1. The van der Waals surface area contributed by atoms with Crippen molar-refractivity contribution >= 4 is 40.4 Å². The van der Waals surface area contributed by atoms with Gasteiger partial charge in [-0.25, -0.2) is 0 Å². The number of fused-ring (bicyclic) bond motifs is 6.